The molecule has 1 amide bonds. The second-order valence-corrected chi connectivity index (χ2v) is 8.01. The molecule has 0 fully saturated rings. The topological polar surface area (TPSA) is 36.4 Å². The van der Waals surface area contributed by atoms with E-state index in [0.29, 0.717) is 12.6 Å². The predicted octanol–water partition coefficient (Wildman–Crippen LogP) is 3.98. The molecule has 1 aliphatic rings. The fraction of sp³-hybridized carbons (Fsp3) is 0.333. The number of aryl methyl sites for hydroxylation is 2. The third-order valence-corrected chi connectivity index (χ3v) is 5.85. The Morgan fingerprint density at radius 3 is 2.68 bits per heavy atom. The van der Waals surface area contributed by atoms with E-state index >= 15 is 0 Å². The van der Waals surface area contributed by atoms with Crippen molar-refractivity contribution in [1.29, 1.82) is 0 Å². The minimum atomic E-state index is 0.0633. The van der Waals surface area contributed by atoms with Crippen LogP contribution in [0.1, 0.15) is 32.7 Å². The van der Waals surface area contributed by atoms with Crippen LogP contribution in [0.4, 0.5) is 0 Å². The van der Waals surface area contributed by atoms with Gasteiger partial charge in [0.05, 0.1) is 11.1 Å². The molecule has 4 heteroatoms. The van der Waals surface area contributed by atoms with E-state index in [-0.39, 0.29) is 5.91 Å². The fourth-order valence-electron chi connectivity index (χ4n) is 4.22. The Morgan fingerprint density at radius 2 is 1.89 bits per heavy atom. The van der Waals surface area contributed by atoms with Crippen LogP contribution in [0.15, 0.2) is 48.5 Å². The van der Waals surface area contributed by atoms with Gasteiger partial charge in [0.15, 0.2) is 0 Å². The summed E-state index contributed by atoms with van der Waals surface area (Å²) in [4.78, 5) is 22.2. The maximum absolute atomic E-state index is 13.3. The quantitative estimate of drug-likeness (QED) is 0.697. The lowest BCUT2D eigenvalue weighted by Gasteiger charge is -2.36. The highest BCUT2D eigenvalue weighted by atomic mass is 16.2. The lowest BCUT2D eigenvalue weighted by molar-refractivity contribution is 0.0735. The standard InChI is InChI=1S/C24H27N3O/c1-16-8-7-11-21-22(12-17(2)25-23(16)21)24(28)27(4)15-20-13-18-9-5-6-10-19(18)14-26(20)3/h5-12,20H,13-15H2,1-4H3. The minimum Gasteiger partial charge on any atom is -0.340 e. The SMILES string of the molecule is Cc1cc(C(=O)N(C)CC2Cc3ccccc3CN2C)c2cccc(C)c2n1. The van der Waals surface area contributed by atoms with E-state index in [9.17, 15) is 4.79 Å². The van der Waals surface area contributed by atoms with Gasteiger partial charge in [-0.3, -0.25) is 14.7 Å². The maximum atomic E-state index is 13.3. The largest absolute Gasteiger partial charge is 0.340 e. The Labute approximate surface area is 166 Å². The van der Waals surface area contributed by atoms with Crippen molar-refractivity contribution in [3.8, 4) is 0 Å². The number of pyridine rings is 1. The van der Waals surface area contributed by atoms with Crippen LogP contribution in [-0.4, -0.2) is 47.4 Å². The molecule has 0 aliphatic carbocycles. The van der Waals surface area contributed by atoms with E-state index < -0.39 is 0 Å². The normalized spacial score (nSPS) is 16.8. The van der Waals surface area contributed by atoms with Crippen molar-refractivity contribution in [2.24, 2.45) is 0 Å². The average molecular weight is 374 g/mol. The number of nitrogens with zero attached hydrogens (tertiary/aromatic N) is 3. The van der Waals surface area contributed by atoms with Gasteiger partial charge in [0.25, 0.3) is 5.91 Å². The highest BCUT2D eigenvalue weighted by molar-refractivity contribution is 6.06. The molecule has 28 heavy (non-hydrogen) atoms. The van der Waals surface area contributed by atoms with Crippen molar-refractivity contribution in [3.05, 3.63) is 76.5 Å². The molecular formula is C24H27N3O. The number of likely N-dealkylation sites (N-methyl/N-ethyl adjacent to an activating group) is 2. The minimum absolute atomic E-state index is 0.0633. The van der Waals surface area contributed by atoms with Crippen molar-refractivity contribution >= 4 is 16.8 Å². The molecule has 1 atom stereocenters. The predicted molar refractivity (Wildman–Crippen MR) is 114 cm³/mol. The molecule has 0 N–H and O–H groups in total. The number of aromatic nitrogens is 1. The van der Waals surface area contributed by atoms with Gasteiger partial charge in [-0.25, -0.2) is 0 Å². The van der Waals surface area contributed by atoms with Crippen molar-refractivity contribution in [2.75, 3.05) is 20.6 Å². The number of para-hydroxylation sites is 1. The summed E-state index contributed by atoms with van der Waals surface area (Å²) >= 11 is 0. The van der Waals surface area contributed by atoms with Gasteiger partial charge in [0.1, 0.15) is 0 Å². The van der Waals surface area contributed by atoms with Gasteiger partial charge in [0.2, 0.25) is 0 Å². The van der Waals surface area contributed by atoms with Gasteiger partial charge in [-0.15, -0.1) is 0 Å². The van der Waals surface area contributed by atoms with Crippen molar-refractivity contribution in [3.63, 3.8) is 0 Å². The molecule has 0 bridgehead atoms. The molecule has 2 heterocycles. The molecule has 3 aromatic rings. The Bertz CT molecular complexity index is 1040. The molecule has 4 nitrogen and oxygen atoms in total. The van der Waals surface area contributed by atoms with Gasteiger partial charge in [-0.1, -0.05) is 42.5 Å². The maximum Gasteiger partial charge on any atom is 0.254 e. The summed E-state index contributed by atoms with van der Waals surface area (Å²) in [6.07, 6.45) is 0.972. The van der Waals surface area contributed by atoms with E-state index in [0.717, 1.165) is 40.7 Å². The Hall–Kier alpha value is -2.72. The van der Waals surface area contributed by atoms with Gasteiger partial charge in [0, 0.05) is 37.3 Å². The van der Waals surface area contributed by atoms with E-state index in [1.807, 2.05) is 50.1 Å². The van der Waals surface area contributed by atoms with Crippen LogP contribution in [0.2, 0.25) is 0 Å². The first-order chi connectivity index (χ1) is 13.4. The summed E-state index contributed by atoms with van der Waals surface area (Å²) in [6.45, 7) is 5.63. The number of hydrogen-bond acceptors (Lipinski definition) is 3. The van der Waals surface area contributed by atoms with Gasteiger partial charge in [-0.2, -0.15) is 0 Å². The number of hydrogen-bond donors (Lipinski definition) is 0. The highest BCUT2D eigenvalue weighted by Gasteiger charge is 2.26. The fourth-order valence-corrected chi connectivity index (χ4v) is 4.22. The summed E-state index contributed by atoms with van der Waals surface area (Å²) in [5.74, 6) is 0.0633. The first kappa shape index (κ1) is 18.6. The van der Waals surface area contributed by atoms with Crippen molar-refractivity contribution in [2.45, 2.75) is 32.9 Å². The number of fused-ring (bicyclic) bond motifs is 2. The molecule has 0 spiro atoms. The third kappa shape index (κ3) is 3.40. The van der Waals surface area contributed by atoms with Crippen LogP contribution in [0, 0.1) is 13.8 Å². The number of rotatable bonds is 3. The lowest BCUT2D eigenvalue weighted by Crippen LogP contribution is -2.46. The first-order valence-corrected chi connectivity index (χ1v) is 9.83. The summed E-state index contributed by atoms with van der Waals surface area (Å²) in [5, 5.41) is 0.935. The molecular weight excluding hydrogens is 346 g/mol. The molecule has 1 aromatic heterocycles. The monoisotopic (exact) mass is 373 g/mol. The van der Waals surface area contributed by atoms with Crippen molar-refractivity contribution in [1.82, 2.24) is 14.8 Å². The zero-order valence-electron chi connectivity index (χ0n) is 17.1. The zero-order chi connectivity index (χ0) is 19.8. The molecule has 0 saturated carbocycles. The smallest absolute Gasteiger partial charge is 0.254 e. The Balaban J connectivity index is 1.60. The van der Waals surface area contributed by atoms with Crippen LogP contribution in [0.3, 0.4) is 0 Å². The van der Waals surface area contributed by atoms with E-state index in [4.69, 9.17) is 0 Å². The molecule has 1 aliphatic heterocycles. The highest BCUT2D eigenvalue weighted by Crippen LogP contribution is 2.25. The number of carbonyl (C=O) groups is 1. The van der Waals surface area contributed by atoms with E-state index in [1.165, 1.54) is 11.1 Å². The molecule has 0 radical (unpaired) electrons. The van der Waals surface area contributed by atoms with Gasteiger partial charge < -0.3 is 4.90 Å². The molecule has 1 unspecified atom stereocenters. The van der Waals surface area contributed by atoms with Gasteiger partial charge in [-0.05, 0) is 50.1 Å². The number of amides is 1. The van der Waals surface area contributed by atoms with Crippen LogP contribution >= 0.6 is 0 Å². The zero-order valence-corrected chi connectivity index (χ0v) is 17.1. The molecule has 4 rings (SSSR count). The molecule has 2 aromatic carbocycles. The molecule has 0 saturated heterocycles. The van der Waals surface area contributed by atoms with Crippen LogP contribution in [-0.2, 0) is 13.0 Å². The second kappa shape index (κ2) is 7.36. The Morgan fingerprint density at radius 1 is 1.14 bits per heavy atom. The molecule has 144 valence electrons. The van der Waals surface area contributed by atoms with E-state index in [1.54, 1.807) is 0 Å². The average Bonchev–Trinajstić information content (AvgIpc) is 2.68. The lowest BCUT2D eigenvalue weighted by atomic mass is 9.94. The van der Waals surface area contributed by atoms with Crippen LogP contribution < -0.4 is 0 Å². The first-order valence-electron chi connectivity index (χ1n) is 9.83. The van der Waals surface area contributed by atoms with Crippen molar-refractivity contribution < 1.29 is 4.79 Å². The van der Waals surface area contributed by atoms with Crippen LogP contribution in [0.25, 0.3) is 10.9 Å². The van der Waals surface area contributed by atoms with Crippen LogP contribution in [0.5, 0.6) is 0 Å². The van der Waals surface area contributed by atoms with Gasteiger partial charge >= 0.3 is 0 Å². The summed E-state index contributed by atoms with van der Waals surface area (Å²) in [6, 6.07) is 16.9. The summed E-state index contributed by atoms with van der Waals surface area (Å²) in [5.41, 5.74) is 6.42. The number of benzene rings is 2. The summed E-state index contributed by atoms with van der Waals surface area (Å²) < 4.78 is 0. The summed E-state index contributed by atoms with van der Waals surface area (Å²) in [7, 11) is 4.06. The number of carbonyl (C=O) groups excluding carboxylic acids is 1. The van der Waals surface area contributed by atoms with E-state index in [2.05, 4.69) is 41.2 Å². The third-order valence-electron chi connectivity index (χ3n) is 5.85. The second-order valence-electron chi connectivity index (χ2n) is 8.01. The Kier molecular flexibility index (Phi) is 4.90.